The molecule has 0 heterocycles. The highest BCUT2D eigenvalue weighted by atomic mass is 14.6. The number of fused-ring (bicyclic) bond motifs is 5. The third-order valence-electron chi connectivity index (χ3n) is 10.6. The Labute approximate surface area is 170 Å². The van der Waals surface area contributed by atoms with E-state index in [-0.39, 0.29) is 0 Å². The first kappa shape index (κ1) is 20.0. The largest absolute Gasteiger partial charge is 0.0998 e. The zero-order valence-electron chi connectivity index (χ0n) is 19.1. The maximum atomic E-state index is 4.47. The molecule has 7 unspecified atom stereocenters. The Hall–Kier alpha value is -0.260. The van der Waals surface area contributed by atoms with Crippen LogP contribution < -0.4 is 0 Å². The summed E-state index contributed by atoms with van der Waals surface area (Å²) in [5, 5.41) is 0. The van der Waals surface area contributed by atoms with Crippen LogP contribution >= 0.6 is 0 Å². The van der Waals surface area contributed by atoms with Gasteiger partial charge in [0, 0.05) is 0 Å². The summed E-state index contributed by atoms with van der Waals surface area (Å²) in [6.45, 7) is 17.1. The average molecular weight is 371 g/mol. The fourth-order valence-corrected chi connectivity index (χ4v) is 9.33. The highest BCUT2D eigenvalue weighted by Gasteiger charge is 2.60. The summed E-state index contributed by atoms with van der Waals surface area (Å²) < 4.78 is 0. The predicted molar refractivity (Wildman–Crippen MR) is 118 cm³/mol. The zero-order chi connectivity index (χ0) is 19.4. The molecular weight excluding hydrogens is 324 g/mol. The lowest BCUT2D eigenvalue weighted by atomic mass is 9.41. The van der Waals surface area contributed by atoms with E-state index in [1.165, 1.54) is 82.6 Å². The molecule has 0 aromatic carbocycles. The molecule has 0 spiro atoms. The van der Waals surface area contributed by atoms with Crippen LogP contribution in [0.25, 0.3) is 0 Å². The first-order valence-electron chi connectivity index (χ1n) is 12.4. The lowest BCUT2D eigenvalue weighted by molar-refractivity contribution is -0.146. The van der Waals surface area contributed by atoms with Crippen LogP contribution in [-0.4, -0.2) is 0 Å². The molecule has 0 heteroatoms. The van der Waals surface area contributed by atoms with Crippen LogP contribution in [0, 0.1) is 45.8 Å². The molecule has 27 heavy (non-hydrogen) atoms. The van der Waals surface area contributed by atoms with Crippen molar-refractivity contribution in [1.29, 1.82) is 0 Å². The van der Waals surface area contributed by atoms with Gasteiger partial charge in [0.25, 0.3) is 0 Å². The van der Waals surface area contributed by atoms with Gasteiger partial charge in [-0.15, -0.1) is 0 Å². The minimum Gasteiger partial charge on any atom is -0.0998 e. The van der Waals surface area contributed by atoms with Gasteiger partial charge in [-0.2, -0.15) is 0 Å². The van der Waals surface area contributed by atoms with Crippen molar-refractivity contribution in [3.05, 3.63) is 12.2 Å². The summed E-state index contributed by atoms with van der Waals surface area (Å²) in [6, 6.07) is 0. The van der Waals surface area contributed by atoms with E-state index < -0.39 is 0 Å². The third-order valence-corrected chi connectivity index (χ3v) is 10.6. The molecule has 4 aliphatic rings. The van der Waals surface area contributed by atoms with Gasteiger partial charge in [-0.3, -0.25) is 0 Å². The molecule has 0 aliphatic heterocycles. The zero-order valence-corrected chi connectivity index (χ0v) is 19.1. The Morgan fingerprint density at radius 1 is 0.889 bits per heavy atom. The standard InChI is InChI=1S/C27H46/c1-7-27-17-16-25(4,5)18-20(27)12-13-21-23-11-9-8-10-22(19(2)3)26(23,6)15-14-24(21)27/h20-24H,2,7-18H2,1,3-6H3. The van der Waals surface area contributed by atoms with Gasteiger partial charge in [-0.1, -0.05) is 52.7 Å². The van der Waals surface area contributed by atoms with Crippen LogP contribution in [0.2, 0.25) is 0 Å². The fourth-order valence-electron chi connectivity index (χ4n) is 9.33. The van der Waals surface area contributed by atoms with Crippen LogP contribution in [0.5, 0.6) is 0 Å². The highest BCUT2D eigenvalue weighted by Crippen LogP contribution is 2.68. The van der Waals surface area contributed by atoms with Crippen molar-refractivity contribution in [3.8, 4) is 0 Å². The normalized spacial score (nSPS) is 49.3. The smallest absolute Gasteiger partial charge is 0.0152 e. The van der Waals surface area contributed by atoms with E-state index in [2.05, 4.69) is 41.2 Å². The number of rotatable bonds is 2. The van der Waals surface area contributed by atoms with E-state index >= 15 is 0 Å². The summed E-state index contributed by atoms with van der Waals surface area (Å²) in [4.78, 5) is 0. The van der Waals surface area contributed by atoms with Crippen LogP contribution in [0.15, 0.2) is 12.2 Å². The summed E-state index contributed by atoms with van der Waals surface area (Å²) in [7, 11) is 0. The van der Waals surface area contributed by atoms with Gasteiger partial charge >= 0.3 is 0 Å². The van der Waals surface area contributed by atoms with Crippen LogP contribution in [0.3, 0.4) is 0 Å². The fraction of sp³-hybridized carbons (Fsp3) is 0.926. The molecule has 0 aromatic rings. The molecule has 4 saturated carbocycles. The van der Waals surface area contributed by atoms with E-state index in [1.807, 2.05) is 0 Å². The van der Waals surface area contributed by atoms with E-state index in [4.69, 9.17) is 0 Å². The first-order chi connectivity index (χ1) is 12.7. The third kappa shape index (κ3) is 3.07. The van der Waals surface area contributed by atoms with Crippen molar-refractivity contribution in [2.75, 3.05) is 0 Å². The maximum Gasteiger partial charge on any atom is -0.0152 e. The monoisotopic (exact) mass is 370 g/mol. The molecule has 0 saturated heterocycles. The Morgan fingerprint density at radius 2 is 1.63 bits per heavy atom. The molecule has 0 amide bonds. The topological polar surface area (TPSA) is 0 Å². The molecule has 154 valence electrons. The number of allylic oxidation sites excluding steroid dienone is 1. The Balaban J connectivity index is 1.67. The van der Waals surface area contributed by atoms with Crippen LogP contribution in [0.4, 0.5) is 0 Å². The molecule has 0 N–H and O–H groups in total. The maximum absolute atomic E-state index is 4.47. The van der Waals surface area contributed by atoms with Crippen LogP contribution in [-0.2, 0) is 0 Å². The van der Waals surface area contributed by atoms with Crippen molar-refractivity contribution < 1.29 is 0 Å². The van der Waals surface area contributed by atoms with E-state index in [9.17, 15) is 0 Å². The second-order valence-corrected chi connectivity index (χ2v) is 12.3. The summed E-state index contributed by atoms with van der Waals surface area (Å²) in [5.74, 6) is 4.81. The lowest BCUT2D eigenvalue weighted by Crippen LogP contribution is -2.56. The SMILES string of the molecule is C=C(C)C1CCCCC2C3CCC4CC(C)(C)CCC4(CC)C3CCC12C. The first-order valence-corrected chi connectivity index (χ1v) is 12.4. The summed E-state index contributed by atoms with van der Waals surface area (Å²) in [6.07, 6.45) is 17.8. The van der Waals surface area contributed by atoms with Gasteiger partial charge in [0.2, 0.25) is 0 Å². The van der Waals surface area contributed by atoms with E-state index in [0.717, 1.165) is 29.6 Å². The van der Waals surface area contributed by atoms with Crippen molar-refractivity contribution in [1.82, 2.24) is 0 Å². The van der Waals surface area contributed by atoms with E-state index in [1.54, 1.807) is 0 Å². The molecule has 0 aromatic heterocycles. The molecule has 4 rings (SSSR count). The Bertz CT molecular complexity index is 571. The molecule has 4 fully saturated rings. The molecule has 0 nitrogen and oxygen atoms in total. The van der Waals surface area contributed by atoms with Gasteiger partial charge in [0.05, 0.1) is 0 Å². The summed E-state index contributed by atoms with van der Waals surface area (Å²) >= 11 is 0. The molecule has 7 atom stereocenters. The highest BCUT2D eigenvalue weighted by molar-refractivity contribution is 5.13. The quantitative estimate of drug-likeness (QED) is 0.428. The van der Waals surface area contributed by atoms with Crippen molar-refractivity contribution >= 4 is 0 Å². The molecular formula is C27H46. The molecule has 0 radical (unpaired) electrons. The molecule has 4 aliphatic carbocycles. The Kier molecular flexibility index (Phi) is 5.13. The minimum atomic E-state index is 0.541. The second kappa shape index (κ2) is 6.91. The molecule has 0 bridgehead atoms. The number of hydrogen-bond acceptors (Lipinski definition) is 0. The minimum absolute atomic E-state index is 0.541. The average Bonchev–Trinajstić information content (AvgIpc) is 2.79. The number of hydrogen-bond donors (Lipinski definition) is 0. The van der Waals surface area contributed by atoms with Gasteiger partial charge < -0.3 is 0 Å². The van der Waals surface area contributed by atoms with Crippen molar-refractivity contribution in [2.24, 2.45) is 45.8 Å². The lowest BCUT2D eigenvalue weighted by Gasteiger charge is -2.64. The van der Waals surface area contributed by atoms with E-state index in [0.29, 0.717) is 16.2 Å². The van der Waals surface area contributed by atoms with Gasteiger partial charge in [0.15, 0.2) is 0 Å². The van der Waals surface area contributed by atoms with Gasteiger partial charge in [0.1, 0.15) is 0 Å². The van der Waals surface area contributed by atoms with Crippen molar-refractivity contribution in [3.63, 3.8) is 0 Å². The second-order valence-electron chi connectivity index (χ2n) is 12.3. The van der Waals surface area contributed by atoms with Crippen molar-refractivity contribution in [2.45, 2.75) is 112 Å². The van der Waals surface area contributed by atoms with Crippen LogP contribution in [0.1, 0.15) is 112 Å². The van der Waals surface area contributed by atoms with Gasteiger partial charge in [-0.25, -0.2) is 0 Å². The predicted octanol–water partition coefficient (Wildman–Crippen LogP) is 8.42. The summed E-state index contributed by atoms with van der Waals surface area (Å²) in [5.41, 5.74) is 3.30. The van der Waals surface area contributed by atoms with Gasteiger partial charge in [-0.05, 0) is 117 Å². The Morgan fingerprint density at radius 3 is 2.33 bits per heavy atom.